The second-order valence-corrected chi connectivity index (χ2v) is 4.17. The molecular weight excluding hydrogens is 214 g/mol. The lowest BCUT2D eigenvalue weighted by atomic mass is 9.96. The Morgan fingerprint density at radius 1 is 1.35 bits per heavy atom. The summed E-state index contributed by atoms with van der Waals surface area (Å²) in [6, 6.07) is 6.01. The van der Waals surface area contributed by atoms with Gasteiger partial charge in [0.2, 0.25) is 0 Å². The normalized spacial score (nSPS) is 10.5. The van der Waals surface area contributed by atoms with Crippen LogP contribution >= 0.6 is 0 Å². The molecule has 0 radical (unpaired) electrons. The molecule has 88 valence electrons. The molecule has 2 aromatic rings. The topological polar surface area (TPSA) is 71.8 Å². The quantitative estimate of drug-likeness (QED) is 0.791. The van der Waals surface area contributed by atoms with Crippen LogP contribution in [-0.4, -0.2) is 16.0 Å². The summed E-state index contributed by atoms with van der Waals surface area (Å²) in [5.74, 6) is 0.329. The van der Waals surface area contributed by atoms with Crippen molar-refractivity contribution in [2.24, 2.45) is 0 Å². The maximum absolute atomic E-state index is 12.1. The van der Waals surface area contributed by atoms with E-state index in [4.69, 9.17) is 5.73 Å². The number of nitrogen functional groups attached to an aromatic ring is 1. The van der Waals surface area contributed by atoms with Gasteiger partial charge in [-0.3, -0.25) is 9.89 Å². The predicted octanol–water partition coefficient (Wildman–Crippen LogP) is 2.03. The highest BCUT2D eigenvalue weighted by Crippen LogP contribution is 2.17. The number of H-pyrrole nitrogens is 1. The van der Waals surface area contributed by atoms with Crippen molar-refractivity contribution in [3.05, 3.63) is 46.6 Å². The summed E-state index contributed by atoms with van der Waals surface area (Å²) in [6.45, 7) is 4.02. The number of anilines is 1. The highest BCUT2D eigenvalue weighted by Gasteiger charge is 2.14. The first kappa shape index (κ1) is 11.4. The number of aromatic nitrogens is 2. The van der Waals surface area contributed by atoms with Gasteiger partial charge in [0.15, 0.2) is 5.78 Å². The van der Waals surface area contributed by atoms with Crippen molar-refractivity contribution in [1.29, 1.82) is 0 Å². The number of hydrogen-bond donors (Lipinski definition) is 2. The van der Waals surface area contributed by atoms with Crippen LogP contribution in [0.15, 0.2) is 24.4 Å². The zero-order chi connectivity index (χ0) is 12.4. The van der Waals surface area contributed by atoms with Gasteiger partial charge in [-0.1, -0.05) is 18.2 Å². The molecule has 17 heavy (non-hydrogen) atoms. The van der Waals surface area contributed by atoms with Crippen LogP contribution in [0, 0.1) is 13.8 Å². The average Bonchev–Trinajstić information content (AvgIpc) is 2.70. The van der Waals surface area contributed by atoms with Gasteiger partial charge in [-0.15, -0.1) is 0 Å². The smallest absolute Gasteiger partial charge is 0.172 e. The van der Waals surface area contributed by atoms with Crippen LogP contribution in [0.5, 0.6) is 0 Å². The molecule has 1 heterocycles. The molecule has 4 heteroatoms. The Hall–Kier alpha value is -2.10. The van der Waals surface area contributed by atoms with E-state index in [1.165, 1.54) is 6.20 Å². The van der Waals surface area contributed by atoms with Gasteiger partial charge in [0.05, 0.1) is 11.8 Å². The third-order valence-electron chi connectivity index (χ3n) is 2.95. The van der Waals surface area contributed by atoms with Gasteiger partial charge in [0, 0.05) is 6.42 Å². The van der Waals surface area contributed by atoms with Crippen molar-refractivity contribution >= 4 is 11.6 Å². The van der Waals surface area contributed by atoms with Crippen molar-refractivity contribution in [2.45, 2.75) is 20.3 Å². The molecule has 1 aromatic heterocycles. The molecular formula is C13H15N3O. The zero-order valence-electron chi connectivity index (χ0n) is 9.95. The Kier molecular flexibility index (Phi) is 2.95. The van der Waals surface area contributed by atoms with Crippen LogP contribution in [0.3, 0.4) is 0 Å². The summed E-state index contributed by atoms with van der Waals surface area (Å²) in [5.41, 5.74) is 9.42. The Morgan fingerprint density at radius 2 is 2.00 bits per heavy atom. The lowest BCUT2D eigenvalue weighted by Crippen LogP contribution is -2.07. The van der Waals surface area contributed by atoms with Gasteiger partial charge >= 0.3 is 0 Å². The van der Waals surface area contributed by atoms with Crippen LogP contribution < -0.4 is 5.73 Å². The average molecular weight is 229 g/mol. The minimum absolute atomic E-state index is 0.00588. The first-order chi connectivity index (χ1) is 8.09. The molecule has 0 atom stereocenters. The van der Waals surface area contributed by atoms with Gasteiger partial charge < -0.3 is 5.73 Å². The monoisotopic (exact) mass is 229 g/mol. The van der Waals surface area contributed by atoms with E-state index in [0.717, 1.165) is 16.7 Å². The number of hydrogen-bond acceptors (Lipinski definition) is 3. The van der Waals surface area contributed by atoms with Gasteiger partial charge in [0.25, 0.3) is 0 Å². The molecule has 0 spiro atoms. The Balaban J connectivity index is 2.28. The fourth-order valence-electron chi connectivity index (χ4n) is 1.90. The van der Waals surface area contributed by atoms with Crippen molar-refractivity contribution in [1.82, 2.24) is 10.2 Å². The molecule has 0 amide bonds. The van der Waals surface area contributed by atoms with E-state index in [0.29, 0.717) is 17.8 Å². The second-order valence-electron chi connectivity index (χ2n) is 4.17. The van der Waals surface area contributed by atoms with Gasteiger partial charge in [-0.05, 0) is 30.5 Å². The first-order valence-electron chi connectivity index (χ1n) is 5.46. The highest BCUT2D eigenvalue weighted by atomic mass is 16.1. The van der Waals surface area contributed by atoms with Gasteiger partial charge in [0.1, 0.15) is 5.82 Å². The summed E-state index contributed by atoms with van der Waals surface area (Å²) in [4.78, 5) is 12.1. The van der Waals surface area contributed by atoms with E-state index >= 15 is 0 Å². The van der Waals surface area contributed by atoms with E-state index in [1.807, 2.05) is 32.0 Å². The SMILES string of the molecule is Cc1cccc(C)c1CC(=O)c1cn[nH]c1N. The summed E-state index contributed by atoms with van der Waals surface area (Å²) in [5, 5.41) is 6.33. The Bertz CT molecular complexity index is 537. The van der Waals surface area contributed by atoms with Crippen LogP contribution in [0.2, 0.25) is 0 Å². The summed E-state index contributed by atoms with van der Waals surface area (Å²) in [6.07, 6.45) is 1.84. The molecule has 2 rings (SSSR count). The largest absolute Gasteiger partial charge is 0.383 e. The van der Waals surface area contributed by atoms with E-state index in [2.05, 4.69) is 10.2 Å². The molecule has 0 fully saturated rings. The van der Waals surface area contributed by atoms with Crippen LogP contribution in [0.4, 0.5) is 5.82 Å². The molecule has 0 bridgehead atoms. The van der Waals surface area contributed by atoms with E-state index in [1.54, 1.807) is 0 Å². The fourth-order valence-corrected chi connectivity index (χ4v) is 1.90. The maximum Gasteiger partial charge on any atom is 0.172 e. The number of aromatic amines is 1. The second kappa shape index (κ2) is 4.41. The van der Waals surface area contributed by atoms with Crippen LogP contribution in [0.1, 0.15) is 27.0 Å². The number of carbonyl (C=O) groups is 1. The number of Topliss-reactive ketones (excluding diaryl/α,β-unsaturated/α-hetero) is 1. The number of rotatable bonds is 3. The molecule has 3 N–H and O–H groups in total. The number of ketones is 1. The number of aryl methyl sites for hydroxylation is 2. The molecule has 0 unspecified atom stereocenters. The van der Waals surface area contributed by atoms with E-state index < -0.39 is 0 Å². The first-order valence-corrected chi connectivity index (χ1v) is 5.46. The van der Waals surface area contributed by atoms with Crippen molar-refractivity contribution in [2.75, 3.05) is 5.73 Å². The van der Waals surface area contributed by atoms with Gasteiger partial charge in [-0.2, -0.15) is 5.10 Å². The molecule has 0 aliphatic carbocycles. The van der Waals surface area contributed by atoms with E-state index in [-0.39, 0.29) is 5.78 Å². The fraction of sp³-hybridized carbons (Fsp3) is 0.231. The van der Waals surface area contributed by atoms with Crippen molar-refractivity contribution in [3.8, 4) is 0 Å². The maximum atomic E-state index is 12.1. The molecule has 4 nitrogen and oxygen atoms in total. The molecule has 0 saturated heterocycles. The minimum Gasteiger partial charge on any atom is -0.383 e. The molecule has 1 aromatic carbocycles. The molecule has 0 aliphatic rings. The number of nitrogens with one attached hydrogen (secondary N) is 1. The third-order valence-corrected chi connectivity index (χ3v) is 2.95. The number of benzene rings is 1. The Morgan fingerprint density at radius 3 is 2.53 bits per heavy atom. The predicted molar refractivity (Wildman–Crippen MR) is 67.0 cm³/mol. The van der Waals surface area contributed by atoms with Crippen molar-refractivity contribution in [3.63, 3.8) is 0 Å². The van der Waals surface area contributed by atoms with Crippen molar-refractivity contribution < 1.29 is 4.79 Å². The highest BCUT2D eigenvalue weighted by molar-refractivity contribution is 6.01. The Labute approximate surface area is 99.8 Å². The lowest BCUT2D eigenvalue weighted by Gasteiger charge is -2.08. The standard InChI is InChI=1S/C13H15N3O/c1-8-4-3-5-9(2)10(8)6-12(17)11-7-15-16-13(11)14/h3-5,7H,6H2,1-2H3,(H3,14,15,16). The number of nitrogens with two attached hydrogens (primary N) is 1. The summed E-state index contributed by atoms with van der Waals surface area (Å²) in [7, 11) is 0. The zero-order valence-corrected chi connectivity index (χ0v) is 9.95. The number of nitrogens with zero attached hydrogens (tertiary/aromatic N) is 1. The van der Waals surface area contributed by atoms with E-state index in [9.17, 15) is 4.79 Å². The molecule has 0 saturated carbocycles. The summed E-state index contributed by atoms with van der Waals surface area (Å²) >= 11 is 0. The van der Waals surface area contributed by atoms with Crippen LogP contribution in [0.25, 0.3) is 0 Å². The molecule has 0 aliphatic heterocycles. The third kappa shape index (κ3) is 2.20. The number of carbonyl (C=O) groups excluding carboxylic acids is 1. The lowest BCUT2D eigenvalue weighted by molar-refractivity contribution is 0.0993. The van der Waals surface area contributed by atoms with Gasteiger partial charge in [-0.25, -0.2) is 0 Å². The van der Waals surface area contributed by atoms with Crippen LogP contribution in [-0.2, 0) is 6.42 Å². The summed E-state index contributed by atoms with van der Waals surface area (Å²) < 4.78 is 0. The minimum atomic E-state index is -0.00588.